The summed E-state index contributed by atoms with van der Waals surface area (Å²) in [6, 6.07) is 14.4. The molecule has 3 rings (SSSR count). The van der Waals surface area contributed by atoms with Gasteiger partial charge in [-0.2, -0.15) is 5.10 Å². The highest BCUT2D eigenvalue weighted by atomic mass is 127. The topological polar surface area (TPSA) is 70.6 Å². The fourth-order valence-electron chi connectivity index (χ4n) is 3.47. The molecule has 0 bridgehead atoms. The van der Waals surface area contributed by atoms with Crippen LogP contribution in [0.2, 0.25) is 0 Å². The molecule has 0 saturated heterocycles. The van der Waals surface area contributed by atoms with Crippen LogP contribution in [0.15, 0.2) is 58.1 Å². The molecular formula is C24H35IN6O. The third-order valence-electron chi connectivity index (χ3n) is 5.46. The predicted octanol–water partition coefficient (Wildman–Crippen LogP) is 4.05. The van der Waals surface area contributed by atoms with Crippen molar-refractivity contribution in [3.05, 3.63) is 71.4 Å². The molecule has 174 valence electrons. The summed E-state index contributed by atoms with van der Waals surface area (Å²) in [5.74, 6) is 1.78. The van der Waals surface area contributed by atoms with Crippen molar-refractivity contribution in [2.45, 2.75) is 33.2 Å². The first kappa shape index (κ1) is 25.8. The van der Waals surface area contributed by atoms with E-state index in [0.29, 0.717) is 6.54 Å². The van der Waals surface area contributed by atoms with Crippen molar-refractivity contribution >= 4 is 35.6 Å². The van der Waals surface area contributed by atoms with Crippen molar-refractivity contribution in [3.8, 4) is 0 Å². The molecule has 0 unspecified atom stereocenters. The number of rotatable bonds is 10. The van der Waals surface area contributed by atoms with Crippen LogP contribution in [-0.4, -0.2) is 42.4 Å². The highest BCUT2D eigenvalue weighted by Gasteiger charge is 2.09. The summed E-state index contributed by atoms with van der Waals surface area (Å²) in [5, 5.41) is 11.4. The lowest BCUT2D eigenvalue weighted by molar-refractivity contribution is 0.506. The number of aromatic nitrogens is 2. The van der Waals surface area contributed by atoms with Crippen LogP contribution in [0.25, 0.3) is 0 Å². The first-order valence-electron chi connectivity index (χ1n) is 10.8. The van der Waals surface area contributed by atoms with Gasteiger partial charge in [-0.1, -0.05) is 18.2 Å². The molecule has 7 nitrogen and oxygen atoms in total. The number of halogens is 1. The van der Waals surface area contributed by atoms with E-state index in [0.717, 1.165) is 55.6 Å². The Bertz CT molecular complexity index is 953. The SMILES string of the molecule is Cc1nn(C)c(C)c1CN=C(NCCCN(C)c1ccccc1)NCCc1ccco1.I. The quantitative estimate of drug-likeness (QED) is 0.173. The number of guanidine groups is 1. The molecule has 3 aromatic rings. The van der Waals surface area contributed by atoms with Gasteiger partial charge in [0.2, 0.25) is 0 Å². The zero-order valence-electron chi connectivity index (χ0n) is 19.5. The summed E-state index contributed by atoms with van der Waals surface area (Å²) in [6.45, 7) is 7.29. The molecule has 0 aliphatic rings. The van der Waals surface area contributed by atoms with Gasteiger partial charge in [0.05, 0.1) is 18.5 Å². The Kier molecular flexibility index (Phi) is 10.6. The maximum Gasteiger partial charge on any atom is 0.191 e. The summed E-state index contributed by atoms with van der Waals surface area (Å²) in [6.07, 6.45) is 3.53. The van der Waals surface area contributed by atoms with Crippen molar-refractivity contribution in [2.24, 2.45) is 12.0 Å². The van der Waals surface area contributed by atoms with E-state index in [1.54, 1.807) is 6.26 Å². The second kappa shape index (κ2) is 13.1. The lowest BCUT2D eigenvalue weighted by Crippen LogP contribution is -2.39. The summed E-state index contributed by atoms with van der Waals surface area (Å²) < 4.78 is 7.34. The number of aliphatic imine (C=N–C) groups is 1. The second-order valence-corrected chi connectivity index (χ2v) is 7.73. The normalized spacial score (nSPS) is 11.2. The van der Waals surface area contributed by atoms with Crippen molar-refractivity contribution < 1.29 is 4.42 Å². The lowest BCUT2D eigenvalue weighted by atomic mass is 10.2. The van der Waals surface area contributed by atoms with Gasteiger partial charge in [-0.25, -0.2) is 4.99 Å². The molecule has 0 spiro atoms. The Morgan fingerprint density at radius 1 is 1.09 bits per heavy atom. The third kappa shape index (κ3) is 7.58. The molecule has 0 aliphatic heterocycles. The molecule has 8 heteroatoms. The molecule has 2 aromatic heterocycles. The van der Waals surface area contributed by atoms with E-state index in [2.05, 4.69) is 58.9 Å². The smallest absolute Gasteiger partial charge is 0.191 e. The van der Waals surface area contributed by atoms with E-state index in [1.807, 2.05) is 36.9 Å². The number of anilines is 1. The van der Waals surface area contributed by atoms with Gasteiger partial charge in [0.15, 0.2) is 5.96 Å². The number of aryl methyl sites for hydroxylation is 2. The van der Waals surface area contributed by atoms with Gasteiger partial charge in [0.25, 0.3) is 0 Å². The Morgan fingerprint density at radius 3 is 2.50 bits per heavy atom. The molecular weight excluding hydrogens is 515 g/mol. The van der Waals surface area contributed by atoms with Crippen molar-refractivity contribution in [1.29, 1.82) is 0 Å². The summed E-state index contributed by atoms with van der Waals surface area (Å²) in [5.41, 5.74) is 4.60. The van der Waals surface area contributed by atoms with Gasteiger partial charge in [-0.05, 0) is 44.5 Å². The third-order valence-corrected chi connectivity index (χ3v) is 5.46. The minimum Gasteiger partial charge on any atom is -0.469 e. The zero-order valence-corrected chi connectivity index (χ0v) is 21.8. The summed E-state index contributed by atoms with van der Waals surface area (Å²) in [7, 11) is 4.10. The molecule has 0 aliphatic carbocycles. The Morgan fingerprint density at radius 2 is 1.84 bits per heavy atom. The van der Waals surface area contributed by atoms with E-state index in [1.165, 1.54) is 11.3 Å². The first-order valence-corrected chi connectivity index (χ1v) is 10.8. The van der Waals surface area contributed by atoms with Gasteiger partial charge in [-0.3, -0.25) is 4.68 Å². The van der Waals surface area contributed by atoms with Crippen molar-refractivity contribution in [2.75, 3.05) is 31.6 Å². The molecule has 0 saturated carbocycles. The average Bonchev–Trinajstić information content (AvgIpc) is 3.37. The van der Waals surface area contributed by atoms with Gasteiger partial charge < -0.3 is 20.0 Å². The highest BCUT2D eigenvalue weighted by molar-refractivity contribution is 14.0. The maximum atomic E-state index is 5.43. The Balaban J connectivity index is 0.00000363. The number of para-hydroxylation sites is 1. The lowest BCUT2D eigenvalue weighted by Gasteiger charge is -2.19. The van der Waals surface area contributed by atoms with Crippen LogP contribution in [0.1, 0.15) is 29.1 Å². The molecule has 2 heterocycles. The molecule has 0 amide bonds. The van der Waals surface area contributed by atoms with Crippen molar-refractivity contribution in [3.63, 3.8) is 0 Å². The summed E-state index contributed by atoms with van der Waals surface area (Å²) >= 11 is 0. The highest BCUT2D eigenvalue weighted by Crippen LogP contribution is 2.13. The second-order valence-electron chi connectivity index (χ2n) is 7.73. The van der Waals surface area contributed by atoms with E-state index in [9.17, 15) is 0 Å². The van der Waals surface area contributed by atoms with Gasteiger partial charge in [0.1, 0.15) is 5.76 Å². The van der Waals surface area contributed by atoms with Crippen LogP contribution < -0.4 is 15.5 Å². The van der Waals surface area contributed by atoms with Crippen LogP contribution >= 0.6 is 24.0 Å². The maximum absolute atomic E-state index is 5.43. The minimum absolute atomic E-state index is 0. The molecule has 2 N–H and O–H groups in total. The molecule has 0 radical (unpaired) electrons. The van der Waals surface area contributed by atoms with E-state index >= 15 is 0 Å². The predicted molar refractivity (Wildman–Crippen MR) is 142 cm³/mol. The van der Waals surface area contributed by atoms with E-state index in [-0.39, 0.29) is 24.0 Å². The minimum atomic E-state index is 0. The fraction of sp³-hybridized carbons (Fsp3) is 0.417. The van der Waals surface area contributed by atoms with Crippen LogP contribution in [0.4, 0.5) is 5.69 Å². The monoisotopic (exact) mass is 550 g/mol. The first-order chi connectivity index (χ1) is 15.0. The number of hydrogen-bond donors (Lipinski definition) is 2. The number of furan rings is 1. The number of benzene rings is 1. The zero-order chi connectivity index (χ0) is 22.1. The van der Waals surface area contributed by atoms with Crippen LogP contribution in [0.5, 0.6) is 0 Å². The molecule has 1 aromatic carbocycles. The summed E-state index contributed by atoms with van der Waals surface area (Å²) in [4.78, 5) is 7.09. The van der Waals surface area contributed by atoms with E-state index < -0.39 is 0 Å². The van der Waals surface area contributed by atoms with Gasteiger partial charge in [0, 0.05) is 57.1 Å². The van der Waals surface area contributed by atoms with Gasteiger partial charge >= 0.3 is 0 Å². The Labute approximate surface area is 208 Å². The average molecular weight is 550 g/mol. The van der Waals surface area contributed by atoms with Crippen LogP contribution in [-0.2, 0) is 20.0 Å². The largest absolute Gasteiger partial charge is 0.469 e. The standard InChI is InChI=1S/C24H34N6O.HI/c1-19-23(20(2)30(4)28-19)18-27-24(26-15-13-22-12-8-17-31-22)25-14-9-16-29(3)21-10-6-5-7-11-21;/h5-8,10-12,17H,9,13-16,18H2,1-4H3,(H2,25,26,27);1H. The molecule has 0 atom stereocenters. The van der Waals surface area contributed by atoms with Crippen LogP contribution in [0.3, 0.4) is 0 Å². The van der Waals surface area contributed by atoms with Crippen LogP contribution in [0, 0.1) is 13.8 Å². The fourth-order valence-corrected chi connectivity index (χ4v) is 3.47. The number of nitrogens with zero attached hydrogens (tertiary/aromatic N) is 4. The Hall–Kier alpha value is -2.49. The number of hydrogen-bond acceptors (Lipinski definition) is 4. The van der Waals surface area contributed by atoms with Gasteiger partial charge in [-0.15, -0.1) is 24.0 Å². The number of nitrogens with one attached hydrogen (secondary N) is 2. The van der Waals surface area contributed by atoms with Crippen molar-refractivity contribution in [1.82, 2.24) is 20.4 Å². The molecule has 0 fully saturated rings. The van der Waals surface area contributed by atoms with E-state index in [4.69, 9.17) is 9.41 Å². The molecule has 32 heavy (non-hydrogen) atoms.